The standard InChI is InChI=1S/C22H22ClN3O3/c1-3-11-24-22(27)29-21-12-16(2)26(25-21)14-18-13-19(23)9-10-20(18)28-15-17-7-5-4-6-8-17/h3-10,12-13H,1,11,14-15H2,2H3,(H,24,27). The summed E-state index contributed by atoms with van der Waals surface area (Å²) >= 11 is 6.19. The third-order valence-corrected chi connectivity index (χ3v) is 4.36. The number of carbonyl (C=O) groups is 1. The van der Waals surface area contributed by atoms with Crippen LogP contribution in [0.4, 0.5) is 4.79 Å². The summed E-state index contributed by atoms with van der Waals surface area (Å²) in [5.74, 6) is 0.942. The summed E-state index contributed by atoms with van der Waals surface area (Å²) in [4.78, 5) is 11.7. The molecule has 0 aliphatic rings. The highest BCUT2D eigenvalue weighted by molar-refractivity contribution is 6.30. The van der Waals surface area contributed by atoms with E-state index in [0.29, 0.717) is 24.7 Å². The van der Waals surface area contributed by atoms with Gasteiger partial charge in [0.2, 0.25) is 5.88 Å². The van der Waals surface area contributed by atoms with Crippen LogP contribution in [-0.4, -0.2) is 22.4 Å². The first-order chi connectivity index (χ1) is 14.0. The zero-order chi connectivity index (χ0) is 20.6. The SMILES string of the molecule is C=CCNC(=O)Oc1cc(C)n(Cc2cc(Cl)ccc2OCc2ccccc2)n1. The molecule has 0 unspecified atom stereocenters. The molecule has 0 atom stereocenters. The Morgan fingerprint density at radius 2 is 2.03 bits per heavy atom. The minimum atomic E-state index is -0.579. The van der Waals surface area contributed by atoms with Crippen molar-refractivity contribution in [3.63, 3.8) is 0 Å². The molecular formula is C22H22ClN3O3. The molecule has 0 radical (unpaired) electrons. The molecule has 29 heavy (non-hydrogen) atoms. The van der Waals surface area contributed by atoms with Gasteiger partial charge in [0.1, 0.15) is 12.4 Å². The van der Waals surface area contributed by atoms with Crippen LogP contribution in [0.1, 0.15) is 16.8 Å². The Bertz CT molecular complexity index is 986. The van der Waals surface area contributed by atoms with Crippen molar-refractivity contribution in [2.45, 2.75) is 20.1 Å². The van der Waals surface area contributed by atoms with E-state index >= 15 is 0 Å². The lowest BCUT2D eigenvalue weighted by molar-refractivity contribution is 0.199. The van der Waals surface area contributed by atoms with Crippen LogP contribution >= 0.6 is 11.6 Å². The Balaban J connectivity index is 1.73. The summed E-state index contributed by atoms with van der Waals surface area (Å²) in [6.07, 6.45) is 0.991. The van der Waals surface area contributed by atoms with Gasteiger partial charge in [-0.3, -0.25) is 4.68 Å². The maximum atomic E-state index is 11.7. The van der Waals surface area contributed by atoms with Crippen LogP contribution in [0, 0.1) is 6.92 Å². The van der Waals surface area contributed by atoms with E-state index in [1.54, 1.807) is 22.9 Å². The third-order valence-electron chi connectivity index (χ3n) is 4.13. The van der Waals surface area contributed by atoms with Gasteiger partial charge in [-0.05, 0) is 30.7 Å². The van der Waals surface area contributed by atoms with Gasteiger partial charge in [-0.1, -0.05) is 48.0 Å². The minimum Gasteiger partial charge on any atom is -0.489 e. The van der Waals surface area contributed by atoms with E-state index in [4.69, 9.17) is 21.1 Å². The number of hydrogen-bond donors (Lipinski definition) is 1. The Hall–Kier alpha value is -3.25. The van der Waals surface area contributed by atoms with Gasteiger partial charge in [-0.15, -0.1) is 11.7 Å². The second-order valence-corrected chi connectivity index (χ2v) is 6.80. The van der Waals surface area contributed by atoms with Crippen LogP contribution in [0.15, 0.2) is 67.3 Å². The topological polar surface area (TPSA) is 65.4 Å². The maximum absolute atomic E-state index is 11.7. The third kappa shape index (κ3) is 5.86. The van der Waals surface area contributed by atoms with Gasteiger partial charge in [0.05, 0.1) is 6.54 Å². The van der Waals surface area contributed by atoms with E-state index in [0.717, 1.165) is 22.6 Å². The minimum absolute atomic E-state index is 0.220. The number of halogens is 1. The van der Waals surface area contributed by atoms with Gasteiger partial charge in [0.15, 0.2) is 0 Å². The fourth-order valence-corrected chi connectivity index (χ4v) is 2.88. The van der Waals surface area contributed by atoms with Crippen LogP contribution in [0.2, 0.25) is 5.02 Å². The lowest BCUT2D eigenvalue weighted by Gasteiger charge is -2.13. The summed E-state index contributed by atoms with van der Waals surface area (Å²) in [5.41, 5.74) is 2.79. The Morgan fingerprint density at radius 3 is 2.79 bits per heavy atom. The summed E-state index contributed by atoms with van der Waals surface area (Å²) in [6.45, 7) is 6.62. The summed E-state index contributed by atoms with van der Waals surface area (Å²) in [6, 6.07) is 17.1. The zero-order valence-corrected chi connectivity index (χ0v) is 16.9. The largest absolute Gasteiger partial charge is 0.489 e. The number of aromatic nitrogens is 2. The molecule has 150 valence electrons. The van der Waals surface area contributed by atoms with Gasteiger partial charge in [0, 0.05) is 28.9 Å². The first-order valence-electron chi connectivity index (χ1n) is 9.11. The van der Waals surface area contributed by atoms with Crippen molar-refractivity contribution < 1.29 is 14.3 Å². The Kier molecular flexibility index (Phi) is 6.92. The fourth-order valence-electron chi connectivity index (χ4n) is 2.69. The first-order valence-corrected chi connectivity index (χ1v) is 9.49. The number of hydrogen-bond acceptors (Lipinski definition) is 4. The number of aryl methyl sites for hydroxylation is 1. The van der Waals surface area contributed by atoms with Gasteiger partial charge in [0.25, 0.3) is 0 Å². The predicted molar refractivity (Wildman–Crippen MR) is 113 cm³/mol. The van der Waals surface area contributed by atoms with E-state index in [1.807, 2.05) is 49.4 Å². The highest BCUT2D eigenvalue weighted by atomic mass is 35.5. The van der Waals surface area contributed by atoms with E-state index in [9.17, 15) is 4.79 Å². The quantitative estimate of drug-likeness (QED) is 0.543. The van der Waals surface area contributed by atoms with E-state index in [-0.39, 0.29) is 5.88 Å². The van der Waals surface area contributed by atoms with Crippen molar-refractivity contribution >= 4 is 17.7 Å². The first kappa shape index (κ1) is 20.5. The monoisotopic (exact) mass is 411 g/mol. The Labute approximate surface area is 174 Å². The average Bonchev–Trinajstić information content (AvgIpc) is 3.05. The van der Waals surface area contributed by atoms with Crippen molar-refractivity contribution in [3.05, 3.63) is 89.1 Å². The van der Waals surface area contributed by atoms with Crippen molar-refractivity contribution in [2.75, 3.05) is 6.54 Å². The van der Waals surface area contributed by atoms with Crippen LogP contribution in [0.5, 0.6) is 11.6 Å². The van der Waals surface area contributed by atoms with Crippen molar-refractivity contribution in [3.8, 4) is 11.6 Å². The highest BCUT2D eigenvalue weighted by Crippen LogP contribution is 2.26. The molecule has 0 aliphatic heterocycles. The molecule has 1 aromatic heterocycles. The maximum Gasteiger partial charge on any atom is 0.414 e. The van der Waals surface area contributed by atoms with Crippen LogP contribution in [0.3, 0.4) is 0 Å². The van der Waals surface area contributed by atoms with E-state index in [1.165, 1.54) is 0 Å². The van der Waals surface area contributed by atoms with E-state index < -0.39 is 6.09 Å². The van der Waals surface area contributed by atoms with Crippen LogP contribution in [-0.2, 0) is 13.2 Å². The molecule has 2 aromatic carbocycles. The van der Waals surface area contributed by atoms with Crippen molar-refractivity contribution in [2.24, 2.45) is 0 Å². The summed E-state index contributed by atoms with van der Waals surface area (Å²) in [7, 11) is 0. The van der Waals surface area contributed by atoms with Crippen LogP contribution in [0.25, 0.3) is 0 Å². The molecule has 7 heteroatoms. The summed E-state index contributed by atoms with van der Waals surface area (Å²) < 4.78 is 12.9. The number of carbonyl (C=O) groups excluding carboxylic acids is 1. The molecule has 0 saturated heterocycles. The molecule has 0 spiro atoms. The van der Waals surface area contributed by atoms with Crippen LogP contribution < -0.4 is 14.8 Å². The average molecular weight is 412 g/mol. The fraction of sp³-hybridized carbons (Fsp3) is 0.182. The number of rotatable bonds is 8. The molecule has 1 amide bonds. The molecule has 0 bridgehead atoms. The summed E-state index contributed by atoms with van der Waals surface area (Å²) in [5, 5.41) is 7.50. The molecule has 3 rings (SSSR count). The van der Waals surface area contributed by atoms with Crippen molar-refractivity contribution in [1.82, 2.24) is 15.1 Å². The molecule has 0 saturated carbocycles. The number of nitrogens with one attached hydrogen (secondary N) is 1. The predicted octanol–water partition coefficient (Wildman–Crippen LogP) is 4.75. The molecule has 3 aromatic rings. The smallest absolute Gasteiger partial charge is 0.414 e. The van der Waals surface area contributed by atoms with E-state index in [2.05, 4.69) is 17.0 Å². The molecule has 1 heterocycles. The second kappa shape index (κ2) is 9.80. The van der Waals surface area contributed by atoms with Gasteiger partial charge < -0.3 is 14.8 Å². The lowest BCUT2D eigenvalue weighted by Crippen LogP contribution is -2.26. The van der Waals surface area contributed by atoms with Gasteiger partial charge in [-0.25, -0.2) is 4.79 Å². The normalized spacial score (nSPS) is 10.4. The highest BCUT2D eigenvalue weighted by Gasteiger charge is 2.13. The number of amides is 1. The second-order valence-electron chi connectivity index (χ2n) is 6.37. The van der Waals surface area contributed by atoms with Gasteiger partial charge >= 0.3 is 6.09 Å². The van der Waals surface area contributed by atoms with Gasteiger partial charge in [-0.2, -0.15) is 0 Å². The lowest BCUT2D eigenvalue weighted by atomic mass is 10.2. The molecule has 1 N–H and O–H groups in total. The van der Waals surface area contributed by atoms with Crippen molar-refractivity contribution in [1.29, 1.82) is 0 Å². The molecular weight excluding hydrogens is 390 g/mol. The Morgan fingerprint density at radius 1 is 1.24 bits per heavy atom. The zero-order valence-electron chi connectivity index (χ0n) is 16.1. The number of ether oxygens (including phenoxy) is 2. The number of benzene rings is 2. The molecule has 0 aliphatic carbocycles. The molecule has 6 nitrogen and oxygen atoms in total. The number of nitrogens with zero attached hydrogens (tertiary/aromatic N) is 2. The molecule has 0 fully saturated rings.